The van der Waals surface area contributed by atoms with E-state index in [0.29, 0.717) is 5.69 Å². The number of ether oxygens (including phenoxy) is 2. The molecule has 0 saturated heterocycles. The number of alkyl carbamates (subject to hydrolysis) is 1. The van der Waals surface area contributed by atoms with Crippen LogP contribution in [0.2, 0.25) is 0 Å². The molecular formula is C22H37N3O4. The van der Waals surface area contributed by atoms with Crippen LogP contribution in [0, 0.1) is 0 Å². The molecule has 29 heavy (non-hydrogen) atoms. The van der Waals surface area contributed by atoms with Crippen LogP contribution in [0.25, 0.3) is 0 Å². The SMILES string of the molecule is C=NN(C(=C)C(=O)OCC)c1cccc(CNC(=O)OC(C)(C)C)c1.CC.CC. The minimum atomic E-state index is -0.577. The average molecular weight is 408 g/mol. The van der Waals surface area contributed by atoms with Crippen LogP contribution < -0.4 is 10.3 Å². The maximum atomic E-state index is 11.8. The first-order valence-electron chi connectivity index (χ1n) is 9.86. The predicted octanol–water partition coefficient (Wildman–Crippen LogP) is 5.26. The molecule has 7 heteroatoms. The standard InChI is InChI=1S/C18H25N3O4.2C2H6/c1-7-24-16(22)13(2)21(19-6)15-10-8-9-14(11-15)12-20-17(23)25-18(3,4)5;2*1-2/h8-11H,2,6-7,12H2,1,3-5H3,(H,20,23);2*1-2H3. The highest BCUT2D eigenvalue weighted by Gasteiger charge is 2.18. The second kappa shape index (κ2) is 15.1. The Morgan fingerprint density at radius 1 is 1.17 bits per heavy atom. The molecule has 164 valence electrons. The third-order valence-electron chi connectivity index (χ3n) is 2.90. The number of carbonyl (C=O) groups is 2. The van der Waals surface area contributed by atoms with Gasteiger partial charge in [0, 0.05) is 13.3 Å². The van der Waals surface area contributed by atoms with Gasteiger partial charge in [-0.15, -0.1) is 0 Å². The van der Waals surface area contributed by atoms with Crippen molar-refractivity contribution in [1.29, 1.82) is 0 Å². The topological polar surface area (TPSA) is 80.2 Å². The first kappa shape index (κ1) is 28.4. The number of nitrogens with zero attached hydrogens (tertiary/aromatic N) is 2. The van der Waals surface area contributed by atoms with Gasteiger partial charge in [0.2, 0.25) is 0 Å². The number of esters is 1. The van der Waals surface area contributed by atoms with Gasteiger partial charge >= 0.3 is 12.1 Å². The molecule has 1 rings (SSSR count). The van der Waals surface area contributed by atoms with E-state index >= 15 is 0 Å². The lowest BCUT2D eigenvalue weighted by Crippen LogP contribution is -2.32. The third-order valence-corrected chi connectivity index (χ3v) is 2.90. The Kier molecular flexibility index (Phi) is 14.8. The van der Waals surface area contributed by atoms with Crippen molar-refractivity contribution in [3.8, 4) is 0 Å². The van der Waals surface area contributed by atoms with Crippen LogP contribution in [0.3, 0.4) is 0 Å². The number of nitrogens with one attached hydrogen (secondary N) is 1. The van der Waals surface area contributed by atoms with E-state index in [-0.39, 0.29) is 18.8 Å². The minimum absolute atomic E-state index is 0.0501. The molecular weight excluding hydrogens is 370 g/mol. The van der Waals surface area contributed by atoms with E-state index in [1.165, 1.54) is 5.01 Å². The highest BCUT2D eigenvalue weighted by Crippen LogP contribution is 2.21. The maximum Gasteiger partial charge on any atom is 0.407 e. The molecule has 0 aliphatic rings. The van der Waals surface area contributed by atoms with E-state index in [1.54, 1.807) is 45.9 Å². The molecule has 1 aromatic rings. The quantitative estimate of drug-likeness (QED) is 0.288. The number of hydrazone groups is 1. The summed E-state index contributed by atoms with van der Waals surface area (Å²) in [5.74, 6) is -0.577. The van der Waals surface area contributed by atoms with Gasteiger partial charge in [0.25, 0.3) is 0 Å². The van der Waals surface area contributed by atoms with Gasteiger partial charge in [-0.25, -0.2) is 14.6 Å². The lowest BCUT2D eigenvalue weighted by molar-refractivity contribution is -0.138. The Hall–Kier alpha value is -2.83. The fourth-order valence-electron chi connectivity index (χ4n) is 1.91. The number of hydrogen-bond acceptors (Lipinski definition) is 6. The van der Waals surface area contributed by atoms with Crippen molar-refractivity contribution in [2.24, 2.45) is 5.10 Å². The number of amides is 1. The highest BCUT2D eigenvalue weighted by molar-refractivity contribution is 5.92. The zero-order valence-corrected chi connectivity index (χ0v) is 19.2. The predicted molar refractivity (Wildman–Crippen MR) is 120 cm³/mol. The van der Waals surface area contributed by atoms with Gasteiger partial charge in [0.1, 0.15) is 11.3 Å². The van der Waals surface area contributed by atoms with Crippen LogP contribution in [-0.4, -0.2) is 31.0 Å². The van der Waals surface area contributed by atoms with Crippen molar-refractivity contribution in [2.75, 3.05) is 11.6 Å². The van der Waals surface area contributed by atoms with E-state index in [4.69, 9.17) is 9.47 Å². The van der Waals surface area contributed by atoms with Crippen LogP contribution in [0.4, 0.5) is 10.5 Å². The summed E-state index contributed by atoms with van der Waals surface area (Å²) in [6, 6.07) is 7.11. The molecule has 0 unspecified atom stereocenters. The summed E-state index contributed by atoms with van der Waals surface area (Å²) in [6.45, 7) is 22.7. The molecule has 0 heterocycles. The van der Waals surface area contributed by atoms with Crippen molar-refractivity contribution in [3.63, 3.8) is 0 Å². The summed E-state index contributed by atoms with van der Waals surface area (Å²) in [7, 11) is 0. The molecule has 0 radical (unpaired) electrons. The van der Waals surface area contributed by atoms with Crippen molar-refractivity contribution < 1.29 is 19.1 Å². The Bertz CT molecular complexity index is 652. The van der Waals surface area contributed by atoms with E-state index in [9.17, 15) is 9.59 Å². The Morgan fingerprint density at radius 2 is 1.76 bits per heavy atom. The van der Waals surface area contributed by atoms with Gasteiger partial charge in [-0.1, -0.05) is 46.4 Å². The molecule has 0 aliphatic heterocycles. The average Bonchev–Trinajstić information content (AvgIpc) is 2.69. The van der Waals surface area contributed by atoms with Gasteiger partial charge in [0.05, 0.1) is 12.3 Å². The van der Waals surface area contributed by atoms with Crippen molar-refractivity contribution in [3.05, 3.63) is 42.1 Å². The summed E-state index contributed by atoms with van der Waals surface area (Å²) in [5.41, 5.74) is 0.867. The maximum absolute atomic E-state index is 11.8. The number of anilines is 1. The summed E-state index contributed by atoms with van der Waals surface area (Å²) in [6.07, 6.45) is -0.507. The Balaban J connectivity index is 0. The monoisotopic (exact) mass is 407 g/mol. The molecule has 0 aromatic heterocycles. The van der Waals surface area contributed by atoms with E-state index < -0.39 is 17.7 Å². The molecule has 1 N–H and O–H groups in total. The summed E-state index contributed by atoms with van der Waals surface area (Å²) in [5, 5.41) is 7.78. The highest BCUT2D eigenvalue weighted by atomic mass is 16.6. The number of rotatable bonds is 7. The zero-order valence-electron chi connectivity index (χ0n) is 19.2. The van der Waals surface area contributed by atoms with Crippen LogP contribution in [0.5, 0.6) is 0 Å². The molecule has 7 nitrogen and oxygen atoms in total. The lowest BCUT2D eigenvalue weighted by Gasteiger charge is -2.21. The number of hydrogen-bond donors (Lipinski definition) is 1. The summed E-state index contributed by atoms with van der Waals surface area (Å²) in [4.78, 5) is 23.6. The second-order valence-electron chi connectivity index (χ2n) is 6.15. The van der Waals surface area contributed by atoms with Crippen molar-refractivity contribution >= 4 is 24.5 Å². The first-order chi connectivity index (χ1) is 13.7. The van der Waals surface area contributed by atoms with E-state index in [0.717, 1.165) is 5.56 Å². The summed E-state index contributed by atoms with van der Waals surface area (Å²) < 4.78 is 10.1. The summed E-state index contributed by atoms with van der Waals surface area (Å²) >= 11 is 0. The zero-order chi connectivity index (χ0) is 23.0. The Labute approximate surface area is 175 Å². The normalized spacial score (nSPS) is 9.52. The minimum Gasteiger partial charge on any atom is -0.461 e. The number of benzene rings is 1. The smallest absolute Gasteiger partial charge is 0.407 e. The molecule has 0 atom stereocenters. The first-order valence-corrected chi connectivity index (χ1v) is 9.86. The number of carbonyl (C=O) groups excluding carboxylic acids is 2. The van der Waals surface area contributed by atoms with Crippen molar-refractivity contribution in [1.82, 2.24) is 5.32 Å². The molecule has 1 aromatic carbocycles. The van der Waals surface area contributed by atoms with Crippen LogP contribution in [0.1, 0.15) is 61.0 Å². The van der Waals surface area contributed by atoms with Gasteiger partial charge in [-0.3, -0.25) is 0 Å². The second-order valence-corrected chi connectivity index (χ2v) is 6.15. The molecule has 0 aliphatic carbocycles. The fraction of sp³-hybridized carbons (Fsp3) is 0.500. The lowest BCUT2D eigenvalue weighted by atomic mass is 10.2. The third kappa shape index (κ3) is 11.6. The van der Waals surface area contributed by atoms with Gasteiger partial charge in [-0.2, -0.15) is 5.10 Å². The van der Waals surface area contributed by atoms with Crippen molar-refractivity contribution in [2.45, 2.75) is 67.5 Å². The van der Waals surface area contributed by atoms with Gasteiger partial charge in [0.15, 0.2) is 0 Å². The molecule has 0 bridgehead atoms. The van der Waals surface area contributed by atoms with Crippen LogP contribution >= 0.6 is 0 Å². The van der Waals surface area contributed by atoms with Gasteiger partial charge in [-0.05, 0) is 45.4 Å². The fourth-order valence-corrected chi connectivity index (χ4v) is 1.91. The molecule has 0 saturated carbocycles. The van der Waals surface area contributed by atoms with Gasteiger partial charge < -0.3 is 14.8 Å². The van der Waals surface area contributed by atoms with Crippen LogP contribution in [-0.2, 0) is 20.8 Å². The van der Waals surface area contributed by atoms with Crippen LogP contribution in [0.15, 0.2) is 41.6 Å². The molecule has 0 spiro atoms. The van der Waals surface area contributed by atoms with E-state index in [1.807, 2.05) is 33.8 Å². The van der Waals surface area contributed by atoms with E-state index in [2.05, 4.69) is 23.7 Å². The molecule has 0 fully saturated rings. The Morgan fingerprint density at radius 3 is 2.24 bits per heavy atom. The largest absolute Gasteiger partial charge is 0.461 e. The molecule has 1 amide bonds.